The number of aryl methyl sites for hydroxylation is 1. The Kier molecular flexibility index (Phi) is 9.23. The fourth-order valence-corrected chi connectivity index (χ4v) is 7.40. The Labute approximate surface area is 271 Å². The molecule has 1 amide bonds. The summed E-state index contributed by atoms with van der Waals surface area (Å²) in [6.07, 6.45) is 3.79. The summed E-state index contributed by atoms with van der Waals surface area (Å²) >= 11 is 2.77. The zero-order valence-corrected chi connectivity index (χ0v) is 27.1. The fraction of sp³-hybridized carbons (Fsp3) is 0.314. The number of anilines is 1. The summed E-state index contributed by atoms with van der Waals surface area (Å²) in [7, 11) is 0. The number of amides is 1. The molecule has 6 rings (SSSR count). The van der Waals surface area contributed by atoms with Gasteiger partial charge < -0.3 is 14.6 Å². The number of unbranched alkanes of at least 4 members (excludes halogenated alkanes) is 2. The van der Waals surface area contributed by atoms with Gasteiger partial charge in [0, 0.05) is 17.7 Å². The molecule has 1 saturated heterocycles. The molecule has 3 heterocycles. The van der Waals surface area contributed by atoms with Crippen molar-refractivity contribution in [1.82, 2.24) is 10.2 Å². The predicted molar refractivity (Wildman–Crippen MR) is 177 cm³/mol. The lowest BCUT2D eigenvalue weighted by Gasteiger charge is -2.23. The van der Waals surface area contributed by atoms with Crippen LogP contribution in [0.25, 0.3) is 5.76 Å². The zero-order chi connectivity index (χ0) is 31.5. The minimum atomic E-state index is -0.921. The Balaban J connectivity index is 1.37. The number of hydrogen-bond donors (Lipinski definition) is 1. The second-order valence-corrected chi connectivity index (χ2v) is 13.6. The first-order valence-electron chi connectivity index (χ1n) is 15.2. The van der Waals surface area contributed by atoms with Gasteiger partial charge in [0.25, 0.3) is 5.78 Å². The summed E-state index contributed by atoms with van der Waals surface area (Å²) in [6, 6.07) is 20.1. The van der Waals surface area contributed by atoms with Crippen LogP contribution in [0.5, 0.6) is 11.5 Å². The third-order valence-corrected chi connectivity index (χ3v) is 10.0. The second-order valence-electron chi connectivity index (χ2n) is 11.4. The molecule has 45 heavy (non-hydrogen) atoms. The van der Waals surface area contributed by atoms with Crippen LogP contribution in [-0.4, -0.2) is 39.7 Å². The number of fused-ring (bicyclic) bond motifs is 1. The average Bonchev–Trinajstić information content (AvgIpc) is 3.73. The number of thioether (sulfide) groups is 1. The number of Topliss-reactive ketones (excluding diaryl/α,β-unsaturated/α-hetero) is 1. The topological polar surface area (TPSA) is 102 Å². The van der Waals surface area contributed by atoms with Crippen LogP contribution in [0.4, 0.5) is 5.13 Å². The summed E-state index contributed by atoms with van der Waals surface area (Å²) in [4.78, 5) is 28.8. The number of carbonyl (C=O) groups excluding carboxylic acids is 2. The van der Waals surface area contributed by atoms with E-state index in [1.165, 1.54) is 33.6 Å². The van der Waals surface area contributed by atoms with Gasteiger partial charge in [-0.05, 0) is 67.3 Å². The molecule has 10 heteroatoms. The van der Waals surface area contributed by atoms with Crippen molar-refractivity contribution in [3.05, 3.63) is 100 Å². The molecular weight excluding hydrogens is 607 g/mol. The van der Waals surface area contributed by atoms with E-state index in [4.69, 9.17) is 9.47 Å². The van der Waals surface area contributed by atoms with Gasteiger partial charge in [-0.15, -0.1) is 10.2 Å². The SMILES string of the molecule is CCCCCOc1cccc([C@@H]2C(=C(O)c3ccc4c(c3)C[C@@H](C)O4)C(=O)C(=O)N2c2nnc(SCc3ccc(C)cc3)s2)c1. The number of aliphatic hydroxyl groups is 1. The highest BCUT2D eigenvalue weighted by atomic mass is 32.2. The van der Waals surface area contributed by atoms with Gasteiger partial charge >= 0.3 is 5.91 Å². The Morgan fingerprint density at radius 2 is 1.91 bits per heavy atom. The highest BCUT2D eigenvalue weighted by Crippen LogP contribution is 2.45. The van der Waals surface area contributed by atoms with Crippen molar-refractivity contribution < 1.29 is 24.2 Å². The van der Waals surface area contributed by atoms with Crippen LogP contribution in [0.3, 0.4) is 0 Å². The summed E-state index contributed by atoms with van der Waals surface area (Å²) in [5, 5.41) is 20.7. The number of ketones is 1. The number of carbonyl (C=O) groups is 2. The van der Waals surface area contributed by atoms with Gasteiger partial charge in [-0.25, -0.2) is 0 Å². The third-order valence-electron chi connectivity index (χ3n) is 7.89. The molecular formula is C35H35N3O5S2. The molecule has 8 nitrogen and oxygen atoms in total. The van der Waals surface area contributed by atoms with Gasteiger partial charge in [0.2, 0.25) is 5.13 Å². The molecule has 2 atom stereocenters. The minimum absolute atomic E-state index is 0.000829. The van der Waals surface area contributed by atoms with E-state index in [0.717, 1.165) is 36.1 Å². The number of rotatable bonds is 11. The monoisotopic (exact) mass is 641 g/mol. The van der Waals surface area contributed by atoms with Crippen molar-refractivity contribution in [3.63, 3.8) is 0 Å². The number of nitrogens with zero attached hydrogens (tertiary/aromatic N) is 3. The van der Waals surface area contributed by atoms with Gasteiger partial charge in [-0.1, -0.05) is 84.8 Å². The molecule has 1 fully saturated rings. The number of aliphatic hydroxyl groups excluding tert-OH is 1. The summed E-state index contributed by atoms with van der Waals surface area (Å²) < 4.78 is 12.5. The molecule has 2 aliphatic rings. The Bertz CT molecular complexity index is 1750. The van der Waals surface area contributed by atoms with Gasteiger partial charge in [0.1, 0.15) is 23.4 Å². The number of hydrogen-bond acceptors (Lipinski definition) is 9. The molecule has 3 aromatic carbocycles. The molecule has 1 N–H and O–H groups in total. The average molecular weight is 642 g/mol. The van der Waals surface area contributed by atoms with Gasteiger partial charge in [-0.2, -0.15) is 0 Å². The normalized spacial score (nSPS) is 18.7. The van der Waals surface area contributed by atoms with Crippen LogP contribution < -0.4 is 14.4 Å². The smallest absolute Gasteiger partial charge is 0.301 e. The van der Waals surface area contributed by atoms with Gasteiger partial charge in [-0.3, -0.25) is 14.5 Å². The number of ether oxygens (including phenoxy) is 2. The molecule has 1 aromatic heterocycles. The quantitative estimate of drug-likeness (QED) is 0.0445. The number of aromatic nitrogens is 2. The fourth-order valence-electron chi connectivity index (χ4n) is 5.57. The maximum atomic E-state index is 13.7. The van der Waals surface area contributed by atoms with Crippen molar-refractivity contribution in [2.75, 3.05) is 11.5 Å². The molecule has 0 bridgehead atoms. The van der Waals surface area contributed by atoms with Crippen molar-refractivity contribution in [1.29, 1.82) is 0 Å². The standard InChI is InChI=1S/C35H35N3O5S2/c1-4-5-6-16-42-27-9-7-8-24(19-27)30-29(31(39)25-14-15-28-26(18-25)17-22(3)43-28)32(40)33(41)38(30)34-36-37-35(45-34)44-20-23-12-10-21(2)11-13-23/h7-15,18-19,22,30,39H,4-6,16-17,20H2,1-3H3/t22-,30-/m1/s1. The van der Waals surface area contributed by atoms with E-state index in [9.17, 15) is 14.7 Å². The maximum Gasteiger partial charge on any atom is 0.301 e. The Morgan fingerprint density at radius 3 is 2.71 bits per heavy atom. The summed E-state index contributed by atoms with van der Waals surface area (Å²) in [5.74, 6) is 0.296. The molecule has 2 aliphatic heterocycles. The largest absolute Gasteiger partial charge is 0.507 e. The van der Waals surface area contributed by atoms with Crippen molar-refractivity contribution in [3.8, 4) is 11.5 Å². The Hall–Kier alpha value is -4.15. The maximum absolute atomic E-state index is 13.7. The lowest BCUT2D eigenvalue weighted by molar-refractivity contribution is -0.132. The van der Waals surface area contributed by atoms with Gasteiger partial charge in [0.15, 0.2) is 4.34 Å². The van der Waals surface area contributed by atoms with Crippen LogP contribution in [0.2, 0.25) is 0 Å². The highest BCUT2D eigenvalue weighted by molar-refractivity contribution is 8.00. The molecule has 0 saturated carbocycles. The summed E-state index contributed by atoms with van der Waals surface area (Å²) in [5.41, 5.74) is 4.36. The predicted octanol–water partition coefficient (Wildman–Crippen LogP) is 7.66. The lowest BCUT2D eigenvalue weighted by atomic mass is 9.94. The lowest BCUT2D eigenvalue weighted by Crippen LogP contribution is -2.29. The van der Waals surface area contributed by atoms with Crippen LogP contribution in [-0.2, 0) is 21.8 Å². The van der Waals surface area contributed by atoms with Crippen molar-refractivity contribution in [2.24, 2.45) is 0 Å². The van der Waals surface area contributed by atoms with Gasteiger partial charge in [0.05, 0.1) is 18.2 Å². The minimum Gasteiger partial charge on any atom is -0.507 e. The number of benzene rings is 3. The first-order valence-corrected chi connectivity index (χ1v) is 17.0. The van der Waals surface area contributed by atoms with Crippen LogP contribution in [0.15, 0.2) is 76.6 Å². The molecule has 0 radical (unpaired) electrons. The Morgan fingerprint density at radius 1 is 1.09 bits per heavy atom. The van der Waals surface area contributed by atoms with Crippen molar-refractivity contribution >= 4 is 45.7 Å². The molecule has 232 valence electrons. The molecule has 0 aliphatic carbocycles. The first-order chi connectivity index (χ1) is 21.8. The van der Waals surface area contributed by atoms with E-state index in [1.54, 1.807) is 12.1 Å². The molecule has 0 spiro atoms. The van der Waals surface area contributed by atoms with Crippen LogP contribution in [0, 0.1) is 6.92 Å². The third kappa shape index (κ3) is 6.62. The van der Waals surface area contributed by atoms with Crippen LogP contribution >= 0.6 is 23.1 Å². The highest BCUT2D eigenvalue weighted by Gasteiger charge is 2.48. The van der Waals surface area contributed by atoms with Crippen LogP contribution in [0.1, 0.15) is 67.0 Å². The first kappa shape index (κ1) is 30.9. The zero-order valence-electron chi connectivity index (χ0n) is 25.5. The van der Waals surface area contributed by atoms with E-state index < -0.39 is 17.7 Å². The second kappa shape index (κ2) is 13.5. The molecule has 0 unspecified atom stereocenters. The summed E-state index contributed by atoms with van der Waals surface area (Å²) in [6.45, 7) is 6.73. The van der Waals surface area contributed by atoms with E-state index >= 15 is 0 Å². The van der Waals surface area contributed by atoms with E-state index in [1.807, 2.05) is 44.2 Å². The van der Waals surface area contributed by atoms with E-state index in [0.29, 0.717) is 40.0 Å². The van der Waals surface area contributed by atoms with Crippen molar-refractivity contribution in [2.45, 2.75) is 68.7 Å². The molecule has 4 aromatic rings. The van der Waals surface area contributed by atoms with E-state index in [2.05, 4.69) is 41.4 Å². The van der Waals surface area contributed by atoms with E-state index in [-0.39, 0.29) is 22.6 Å².